The molecule has 3 aliphatic rings. The van der Waals surface area contributed by atoms with Crippen LogP contribution in [0.15, 0.2) is 128 Å². The number of benzene rings is 5. The third-order valence-electron chi connectivity index (χ3n) is 23.6. The number of methoxy groups -OCH3 is 1. The Morgan fingerprint density at radius 1 is 0.564 bits per heavy atom. The van der Waals surface area contributed by atoms with E-state index in [9.17, 15) is 53.3 Å². The number of unbranched alkanes of at least 4 members (excludes halogenated alkanes) is 1. The molecular weight excluding hydrogens is 1750 g/mol. The van der Waals surface area contributed by atoms with Gasteiger partial charge in [-0.1, -0.05) is 125 Å². The van der Waals surface area contributed by atoms with Crippen molar-refractivity contribution in [3.05, 3.63) is 173 Å². The molecule has 17 N–H and O–H groups in total. The predicted octanol–water partition coefficient (Wildman–Crippen LogP) is 0.561. The zero-order valence-corrected chi connectivity index (χ0v) is 75.9. The number of aromatic nitrogens is 1. The molecule has 14 atom stereocenters. The lowest BCUT2D eigenvalue weighted by atomic mass is 9.98. The first kappa shape index (κ1) is 104. The minimum absolute atomic E-state index is 0.00856. The van der Waals surface area contributed by atoms with Gasteiger partial charge in [-0.2, -0.15) is 0 Å². The molecule has 1 aromatic heterocycles. The highest BCUT2D eigenvalue weighted by Crippen LogP contribution is 2.29. The van der Waals surface area contributed by atoms with Crippen molar-refractivity contribution in [1.82, 2.24) is 77.3 Å². The first-order valence-electron chi connectivity index (χ1n) is 44.0. The number of carbonyl (C=O) groups excluding carboxylic acids is 15. The summed E-state index contributed by atoms with van der Waals surface area (Å²) in [5.74, 6) is -24.2. The van der Waals surface area contributed by atoms with Gasteiger partial charge in [-0.3, -0.25) is 76.7 Å². The van der Waals surface area contributed by atoms with Crippen LogP contribution in [-0.4, -0.2) is 297 Å². The number of thioether (sulfide) groups is 1. The molecule has 0 saturated carbocycles. The molecule has 3 fully saturated rings. The van der Waals surface area contributed by atoms with Gasteiger partial charge in [0.2, 0.25) is 88.6 Å². The normalized spacial score (nSPS) is 24.1. The minimum atomic E-state index is -2.02. The van der Waals surface area contributed by atoms with Gasteiger partial charge < -0.3 is 109 Å². The molecule has 0 spiro atoms. The summed E-state index contributed by atoms with van der Waals surface area (Å²) < 4.78 is 50.4. The number of aliphatic carboxylic acids is 1. The van der Waals surface area contributed by atoms with Crippen LogP contribution in [0.1, 0.15) is 113 Å². The second kappa shape index (κ2) is 49.5. The second-order valence-electron chi connectivity index (χ2n) is 33.7. The number of ether oxygens (including phenoxy) is 1. The average Bonchev–Trinajstić information content (AvgIpc) is 1.73. The Hall–Kier alpha value is -13.0. The monoisotopic (exact) mass is 1870 g/mol. The second-order valence-corrected chi connectivity index (χ2v) is 34.8. The molecule has 37 nitrogen and oxygen atoms in total. The van der Waals surface area contributed by atoms with E-state index in [1.165, 1.54) is 64.2 Å². The molecule has 3 aliphatic heterocycles. The molecule has 41 heteroatoms. The molecular formula is C92H118F3N17O20S. The molecule has 15 amide bonds. The molecule has 4 heterocycles. The number of amides is 15. The number of carbonyl (C=O) groups is 16. The van der Waals surface area contributed by atoms with Crippen LogP contribution in [0.4, 0.5) is 13.2 Å². The maximum atomic E-state index is 15.7. The van der Waals surface area contributed by atoms with Gasteiger partial charge in [-0.15, -0.1) is 11.8 Å². The van der Waals surface area contributed by atoms with Crippen LogP contribution in [0, 0.1) is 23.4 Å². The number of aromatic amines is 1. The summed E-state index contributed by atoms with van der Waals surface area (Å²) in [7, 11) is 4.95. The summed E-state index contributed by atoms with van der Waals surface area (Å²) in [6.07, 6.45) is -2.97. The Balaban J connectivity index is 1.13. The van der Waals surface area contributed by atoms with Crippen LogP contribution >= 0.6 is 11.8 Å². The van der Waals surface area contributed by atoms with Crippen LogP contribution in [0.2, 0.25) is 0 Å². The molecule has 0 radical (unpaired) electrons. The van der Waals surface area contributed by atoms with Gasteiger partial charge in [-0.05, 0) is 109 Å². The summed E-state index contributed by atoms with van der Waals surface area (Å²) in [4.78, 5) is 246. The molecule has 718 valence electrons. The number of nitrogens with two attached hydrogens (primary N) is 2. The number of nitrogens with zero attached hydrogens (tertiary/aromatic N) is 5. The Bertz CT molecular complexity index is 5120. The third-order valence-corrected chi connectivity index (χ3v) is 24.7. The largest absolute Gasteiger partial charge is 0.508 e. The van der Waals surface area contributed by atoms with Crippen molar-refractivity contribution in [2.24, 2.45) is 17.4 Å². The molecule has 9 rings (SSSR count). The van der Waals surface area contributed by atoms with E-state index >= 15 is 51.9 Å². The first-order valence-corrected chi connectivity index (χ1v) is 45.2. The van der Waals surface area contributed by atoms with Crippen molar-refractivity contribution >= 4 is 117 Å². The van der Waals surface area contributed by atoms with E-state index in [2.05, 4.69) is 52.8 Å². The summed E-state index contributed by atoms with van der Waals surface area (Å²) in [5.41, 5.74) is 13.6. The Morgan fingerprint density at radius 3 is 1.74 bits per heavy atom. The summed E-state index contributed by atoms with van der Waals surface area (Å²) in [6, 6.07) is 8.89. The number of rotatable bonds is 25. The smallest absolute Gasteiger partial charge is 0.305 e. The van der Waals surface area contributed by atoms with Gasteiger partial charge in [-0.25, -0.2) is 13.2 Å². The fraction of sp³-hybridized carbons (Fsp3) is 0.478. The lowest BCUT2D eigenvalue weighted by Crippen LogP contribution is -2.62. The third kappa shape index (κ3) is 28.7. The Kier molecular flexibility index (Phi) is 38.6. The Labute approximate surface area is 771 Å². The molecule has 0 bridgehead atoms. The van der Waals surface area contributed by atoms with Gasteiger partial charge >= 0.3 is 5.97 Å². The SMILES string of the molecule is CCCC[C@H]1C(=O)N2C[C@H](O)C[C@@H]2C(=O)N[C@@H](CC(=O)O)C(=O)N[C@@H](C(C)C)C(=O)N(C)[C@H](Cc2ccccc2)C(=O)N[C@@H](CCCN)C(=O)N2CCC[C@@H]2C(=O)N[C@@H](Cc2c[nH]c3ccccc23)C(=O)N[C@@H](Cc2ccc(O)cc2)C(=O)N[C@H](CCOC)C(=O)N[C@H](C(=O)NCC(N)=O)CSCC(=O)N[C@H](Cc2cc(F)c(F)c(F)c2)C(=O)N(C)[C@@H](Cc2ccccc2)C(=O)N1C. The molecule has 3 saturated heterocycles. The van der Waals surface area contributed by atoms with Crippen LogP contribution < -0.4 is 59.3 Å². The lowest BCUT2D eigenvalue weighted by molar-refractivity contribution is -0.152. The Morgan fingerprint density at radius 2 is 1.12 bits per heavy atom. The van der Waals surface area contributed by atoms with E-state index in [0.29, 0.717) is 63.5 Å². The predicted molar refractivity (Wildman–Crippen MR) is 481 cm³/mol. The lowest BCUT2D eigenvalue weighted by Gasteiger charge is -2.38. The topological polar surface area (TPSA) is 535 Å². The summed E-state index contributed by atoms with van der Waals surface area (Å²) >= 11 is 0.646. The van der Waals surface area contributed by atoms with E-state index in [4.69, 9.17) is 16.2 Å². The van der Waals surface area contributed by atoms with E-state index in [-0.39, 0.29) is 102 Å². The quantitative estimate of drug-likeness (QED) is 0.0348. The van der Waals surface area contributed by atoms with Crippen LogP contribution in [0.5, 0.6) is 5.75 Å². The van der Waals surface area contributed by atoms with Crippen molar-refractivity contribution in [2.45, 2.75) is 202 Å². The van der Waals surface area contributed by atoms with Crippen LogP contribution in [0.3, 0.4) is 0 Å². The van der Waals surface area contributed by atoms with E-state index in [0.717, 1.165) is 26.6 Å². The minimum Gasteiger partial charge on any atom is -0.508 e. The van der Waals surface area contributed by atoms with Gasteiger partial charge in [0.25, 0.3) is 0 Å². The van der Waals surface area contributed by atoms with Crippen molar-refractivity contribution in [2.75, 3.05) is 72.5 Å². The van der Waals surface area contributed by atoms with Gasteiger partial charge in [0.1, 0.15) is 84.3 Å². The number of para-hydroxylation sites is 1. The van der Waals surface area contributed by atoms with Crippen LogP contribution in [0.25, 0.3) is 10.9 Å². The molecule has 6 aromatic rings. The number of carboxylic acid groups (broad SMARTS) is 1. The van der Waals surface area contributed by atoms with Crippen molar-refractivity contribution in [3.63, 3.8) is 0 Å². The molecule has 5 aromatic carbocycles. The number of likely N-dealkylation sites (N-methyl/N-ethyl adjacent to an activating group) is 3. The number of carboxylic acids is 1. The fourth-order valence-corrected chi connectivity index (χ4v) is 17.2. The number of H-pyrrole nitrogens is 1. The number of phenolic OH excluding ortho intramolecular Hbond substituents is 1. The molecule has 0 aliphatic carbocycles. The zero-order chi connectivity index (χ0) is 97.0. The number of hydrogen-bond donors (Lipinski definition) is 15. The van der Waals surface area contributed by atoms with E-state index in [1.54, 1.807) is 98.0 Å². The number of phenols is 1. The van der Waals surface area contributed by atoms with Gasteiger partial charge in [0.15, 0.2) is 17.5 Å². The number of aliphatic hydroxyl groups excluding tert-OH is 1. The maximum absolute atomic E-state index is 15.7. The number of primary amides is 1. The number of halogens is 3. The van der Waals surface area contributed by atoms with E-state index in [1.807, 2.05) is 0 Å². The number of aliphatic hydroxyl groups is 1. The number of aromatic hydroxyl groups is 1. The molecule has 133 heavy (non-hydrogen) atoms. The van der Waals surface area contributed by atoms with Crippen molar-refractivity contribution in [1.29, 1.82) is 0 Å². The average molecular weight is 1870 g/mol. The van der Waals surface area contributed by atoms with Crippen molar-refractivity contribution in [3.8, 4) is 5.75 Å². The molecule has 0 unspecified atom stereocenters. The van der Waals surface area contributed by atoms with Crippen molar-refractivity contribution < 1.29 is 110 Å². The number of fused-ring (bicyclic) bond motifs is 3. The highest BCUT2D eigenvalue weighted by atomic mass is 32.2. The number of hydrogen-bond acceptors (Lipinski definition) is 21. The highest BCUT2D eigenvalue weighted by molar-refractivity contribution is 8.00. The van der Waals surface area contributed by atoms with Gasteiger partial charge in [0.05, 0.1) is 24.8 Å². The zero-order valence-electron chi connectivity index (χ0n) is 75.1. The van der Waals surface area contributed by atoms with Crippen LogP contribution in [-0.2, 0) is 114 Å². The first-order chi connectivity index (χ1) is 63.4. The summed E-state index contributed by atoms with van der Waals surface area (Å²) in [5, 5.41) is 56.2. The van der Waals surface area contributed by atoms with E-state index < -0.39 is 246 Å². The number of nitrogens with one attached hydrogen (secondary N) is 10. The fourth-order valence-electron chi connectivity index (χ4n) is 16.3. The highest BCUT2D eigenvalue weighted by Gasteiger charge is 2.48. The summed E-state index contributed by atoms with van der Waals surface area (Å²) in [6.45, 7) is 3.22. The standard InChI is InChI=1S/C92H118F3N17O20S/c1-8-9-27-71-91(130)112-48-58(114)44-73(112)87(126)105-67(45-77(117)118)84(123)107-79(51(2)3)92(131)109(5)72(41-52-20-12-10-13-21-52)86(125)102-64(26-18-34-96)89(128)111-35-19-28-70(111)85(124)104-66(43-56-46-98-62-25-17-16-24-59(56)62)83(122)103-65(39-54-29-31-57(113)32-30-54)82(121)101-63(33-36-132-7)81(120)106-69(80(119)99-47-75(97)115)49-133-50-76(116)100-68(40-55-37-60(93)78(95)61(94)38-55)88(127)110(6)74(90(129)108(71)4)42-53-22-14-11-15-23-53/h10-17,20-25,29-32,37-38,46,51,58,63-74,79,98,113-114H,8-9,18-19,26-28,33-36,39-45,47-50,96H2,1-7H3,(H2,97,115)(H,99,119)(H,100,116)(H,101,121)(H,102,125)(H,103,122)(H,104,124)(H,105,126)(H,106,120)(H,107,123)(H,117,118)/t58-,63-,64+,65+,66+,67+,68-,69+,70-,71+,72-,73-,74+,79+/m1/s1. The van der Waals surface area contributed by atoms with Gasteiger partial charge in [0, 0.05) is 109 Å². The maximum Gasteiger partial charge on any atom is 0.305 e.